The van der Waals surface area contributed by atoms with Crippen molar-refractivity contribution in [1.29, 1.82) is 0 Å². The van der Waals surface area contributed by atoms with Gasteiger partial charge < -0.3 is 14.6 Å². The molecular formula is C16H15NO5. The molecular weight excluding hydrogens is 286 g/mol. The Balaban J connectivity index is 2.47. The van der Waals surface area contributed by atoms with Crippen LogP contribution in [0.3, 0.4) is 0 Å². The number of ether oxygens (including phenoxy) is 2. The fourth-order valence-corrected chi connectivity index (χ4v) is 2.01. The normalized spacial score (nSPS) is 10.0. The summed E-state index contributed by atoms with van der Waals surface area (Å²) in [6.07, 6.45) is 0.812. The number of amides is 1. The van der Waals surface area contributed by atoms with Gasteiger partial charge in [-0.15, -0.1) is 0 Å². The van der Waals surface area contributed by atoms with Crippen LogP contribution in [0.5, 0.6) is 5.75 Å². The second-order valence-electron chi connectivity index (χ2n) is 4.40. The lowest BCUT2D eigenvalue weighted by Crippen LogP contribution is -2.14. The molecule has 0 aliphatic carbocycles. The topological polar surface area (TPSA) is 84.9 Å². The van der Waals surface area contributed by atoms with E-state index in [0.29, 0.717) is 22.2 Å². The maximum Gasteiger partial charge on any atom is 0.412 e. The summed E-state index contributed by atoms with van der Waals surface area (Å²) < 4.78 is 10.1. The van der Waals surface area contributed by atoms with E-state index in [1.165, 1.54) is 25.3 Å². The first-order valence-corrected chi connectivity index (χ1v) is 6.45. The van der Waals surface area contributed by atoms with Gasteiger partial charge in [0.1, 0.15) is 12.4 Å². The molecule has 0 unspecified atom stereocenters. The quantitative estimate of drug-likeness (QED) is 0.828. The molecule has 6 nitrogen and oxygen atoms in total. The summed E-state index contributed by atoms with van der Waals surface area (Å²) in [7, 11) is 1.48. The molecule has 2 aromatic rings. The number of methoxy groups -OCH3 is 1. The molecule has 0 aromatic heterocycles. The second-order valence-corrected chi connectivity index (χ2v) is 4.40. The minimum atomic E-state index is -1.02. The van der Waals surface area contributed by atoms with Crippen LogP contribution in [-0.2, 0) is 4.74 Å². The van der Waals surface area contributed by atoms with Crippen molar-refractivity contribution in [1.82, 2.24) is 0 Å². The van der Waals surface area contributed by atoms with Gasteiger partial charge in [0.2, 0.25) is 0 Å². The molecule has 0 fully saturated rings. The molecule has 0 heterocycles. The van der Waals surface area contributed by atoms with Gasteiger partial charge in [0.05, 0.1) is 18.4 Å². The molecule has 0 bridgehead atoms. The van der Waals surface area contributed by atoms with E-state index < -0.39 is 12.1 Å². The van der Waals surface area contributed by atoms with Crippen molar-refractivity contribution >= 4 is 28.5 Å². The number of aromatic carboxylic acids is 1. The first kappa shape index (κ1) is 15.4. The van der Waals surface area contributed by atoms with E-state index in [1.807, 2.05) is 0 Å². The van der Waals surface area contributed by atoms with Gasteiger partial charge in [-0.2, -0.15) is 0 Å². The lowest BCUT2D eigenvalue weighted by atomic mass is 10.0. The van der Waals surface area contributed by atoms with Crippen LogP contribution < -0.4 is 10.1 Å². The number of nitrogens with one attached hydrogen (secondary N) is 1. The second kappa shape index (κ2) is 6.62. The molecule has 0 atom stereocenters. The number of hydrogen-bond donors (Lipinski definition) is 2. The Labute approximate surface area is 127 Å². The zero-order valence-electron chi connectivity index (χ0n) is 12.0. The molecule has 0 saturated heterocycles. The van der Waals surface area contributed by atoms with E-state index in [2.05, 4.69) is 11.9 Å². The van der Waals surface area contributed by atoms with Gasteiger partial charge in [0.25, 0.3) is 0 Å². The summed E-state index contributed by atoms with van der Waals surface area (Å²) in [5.41, 5.74) is 0.587. The largest absolute Gasteiger partial charge is 0.495 e. The van der Waals surface area contributed by atoms with Crippen molar-refractivity contribution in [2.24, 2.45) is 0 Å². The minimum absolute atomic E-state index is 0.0854. The van der Waals surface area contributed by atoms with Gasteiger partial charge in [0, 0.05) is 5.39 Å². The Morgan fingerprint density at radius 2 is 2.09 bits per heavy atom. The fraction of sp³-hybridized carbons (Fsp3) is 0.125. The van der Waals surface area contributed by atoms with Gasteiger partial charge in [-0.1, -0.05) is 24.8 Å². The van der Waals surface area contributed by atoms with Crippen molar-refractivity contribution in [3.63, 3.8) is 0 Å². The monoisotopic (exact) mass is 301 g/mol. The average molecular weight is 301 g/mol. The van der Waals surface area contributed by atoms with Crippen LogP contribution in [0.25, 0.3) is 10.8 Å². The number of carbonyl (C=O) groups is 2. The summed E-state index contributed by atoms with van der Waals surface area (Å²) in [6.45, 7) is 3.55. The lowest BCUT2D eigenvalue weighted by molar-refractivity contribution is 0.0697. The number of hydrogen-bond acceptors (Lipinski definition) is 4. The molecule has 0 aliphatic heterocycles. The van der Waals surface area contributed by atoms with E-state index >= 15 is 0 Å². The molecule has 1 amide bonds. The minimum Gasteiger partial charge on any atom is -0.495 e. The lowest BCUT2D eigenvalue weighted by Gasteiger charge is -2.13. The predicted octanol–water partition coefficient (Wildman–Crippen LogP) is 3.28. The maximum absolute atomic E-state index is 11.7. The maximum atomic E-state index is 11.7. The highest BCUT2D eigenvalue weighted by Gasteiger charge is 2.13. The van der Waals surface area contributed by atoms with E-state index in [-0.39, 0.29) is 12.2 Å². The predicted molar refractivity (Wildman–Crippen MR) is 82.6 cm³/mol. The van der Waals surface area contributed by atoms with Crippen LogP contribution in [0.15, 0.2) is 43.0 Å². The number of carbonyl (C=O) groups excluding carboxylic acids is 1. The third-order valence-electron chi connectivity index (χ3n) is 3.01. The van der Waals surface area contributed by atoms with E-state index in [0.717, 1.165) is 0 Å². The van der Waals surface area contributed by atoms with E-state index in [9.17, 15) is 9.59 Å². The van der Waals surface area contributed by atoms with Crippen molar-refractivity contribution in [2.45, 2.75) is 0 Å². The Bertz CT molecular complexity index is 739. The van der Waals surface area contributed by atoms with Crippen LogP contribution in [-0.4, -0.2) is 30.9 Å². The van der Waals surface area contributed by atoms with Crippen molar-refractivity contribution in [3.8, 4) is 5.75 Å². The van der Waals surface area contributed by atoms with Crippen LogP contribution in [0.1, 0.15) is 10.4 Å². The average Bonchev–Trinajstić information content (AvgIpc) is 2.52. The Morgan fingerprint density at radius 3 is 2.73 bits per heavy atom. The third kappa shape index (κ3) is 3.17. The first-order chi connectivity index (χ1) is 10.6. The van der Waals surface area contributed by atoms with Gasteiger partial charge in [-0.05, 0) is 23.6 Å². The number of benzene rings is 2. The highest BCUT2D eigenvalue weighted by atomic mass is 16.5. The molecule has 22 heavy (non-hydrogen) atoms. The zero-order valence-corrected chi connectivity index (χ0v) is 12.0. The van der Waals surface area contributed by atoms with Gasteiger partial charge >= 0.3 is 12.1 Å². The highest BCUT2D eigenvalue weighted by molar-refractivity contribution is 6.05. The van der Waals surface area contributed by atoms with E-state index in [1.54, 1.807) is 18.2 Å². The summed E-state index contributed by atoms with van der Waals surface area (Å²) in [4.78, 5) is 22.8. The van der Waals surface area contributed by atoms with Gasteiger partial charge in [-0.3, -0.25) is 5.32 Å². The number of carboxylic acid groups (broad SMARTS) is 1. The zero-order chi connectivity index (χ0) is 16.1. The summed E-state index contributed by atoms with van der Waals surface area (Å²) in [5.74, 6) is -0.566. The Morgan fingerprint density at radius 1 is 1.32 bits per heavy atom. The SMILES string of the molecule is C=CCOC(=O)Nc1c(OC)ccc2cc(C(=O)O)ccc12. The molecule has 2 N–H and O–H groups in total. The first-order valence-electron chi connectivity index (χ1n) is 6.45. The van der Waals surface area contributed by atoms with Crippen LogP contribution in [0.2, 0.25) is 0 Å². The van der Waals surface area contributed by atoms with Gasteiger partial charge in [-0.25, -0.2) is 9.59 Å². The molecule has 0 saturated carbocycles. The van der Waals surface area contributed by atoms with Crippen molar-refractivity contribution < 1.29 is 24.2 Å². The summed E-state index contributed by atoms with van der Waals surface area (Å²) in [5, 5.41) is 13.0. The Kier molecular flexibility index (Phi) is 4.63. The Hall–Kier alpha value is -3.02. The summed E-state index contributed by atoms with van der Waals surface area (Å²) >= 11 is 0. The molecule has 114 valence electrons. The summed E-state index contributed by atoms with van der Waals surface area (Å²) in [6, 6.07) is 7.98. The number of anilines is 1. The highest BCUT2D eigenvalue weighted by Crippen LogP contribution is 2.33. The molecule has 2 rings (SSSR count). The fourth-order valence-electron chi connectivity index (χ4n) is 2.01. The number of fused-ring (bicyclic) bond motifs is 1. The molecule has 2 aromatic carbocycles. The van der Waals surface area contributed by atoms with Crippen molar-refractivity contribution in [2.75, 3.05) is 19.0 Å². The number of carboxylic acids is 1. The van der Waals surface area contributed by atoms with Crippen molar-refractivity contribution in [3.05, 3.63) is 48.6 Å². The van der Waals surface area contributed by atoms with Crippen LogP contribution in [0.4, 0.5) is 10.5 Å². The number of rotatable bonds is 5. The molecule has 0 radical (unpaired) electrons. The smallest absolute Gasteiger partial charge is 0.412 e. The van der Waals surface area contributed by atoms with Crippen LogP contribution >= 0.6 is 0 Å². The third-order valence-corrected chi connectivity index (χ3v) is 3.01. The van der Waals surface area contributed by atoms with Gasteiger partial charge in [0.15, 0.2) is 0 Å². The van der Waals surface area contributed by atoms with Crippen LogP contribution in [0, 0.1) is 0 Å². The van der Waals surface area contributed by atoms with E-state index in [4.69, 9.17) is 14.6 Å². The standard InChI is InChI=1S/C16H15NO5/c1-3-8-22-16(20)17-14-12-6-4-11(15(18)19)9-10(12)5-7-13(14)21-2/h3-7,9H,1,8H2,2H3,(H,17,20)(H,18,19). The molecule has 0 aliphatic rings. The molecule has 6 heteroatoms. The molecule has 0 spiro atoms.